The minimum atomic E-state index is -0.501. The van der Waals surface area contributed by atoms with Crippen LogP contribution in [0.25, 0.3) is 0 Å². The molecule has 0 bridgehead atoms. The zero-order valence-electron chi connectivity index (χ0n) is 9.95. The molecule has 0 heterocycles. The van der Waals surface area contributed by atoms with Crippen LogP contribution in [0.1, 0.15) is 26.2 Å². The summed E-state index contributed by atoms with van der Waals surface area (Å²) in [6, 6.07) is 3.00. The van der Waals surface area contributed by atoms with Gasteiger partial charge in [0.05, 0.1) is 20.7 Å². The molecular weight excluding hydrogens is 275 g/mol. The Bertz CT molecular complexity index is 456. The van der Waals surface area contributed by atoms with E-state index in [2.05, 4.69) is 12.2 Å². The number of anilines is 1. The molecule has 1 aliphatic rings. The lowest BCUT2D eigenvalue weighted by atomic mass is 10.1. The zero-order chi connectivity index (χ0) is 13.3. The van der Waals surface area contributed by atoms with Crippen molar-refractivity contribution >= 4 is 34.6 Å². The van der Waals surface area contributed by atoms with Crippen LogP contribution < -0.4 is 5.32 Å². The quantitative estimate of drug-likeness (QED) is 0.658. The molecule has 2 atom stereocenters. The first kappa shape index (κ1) is 13.4. The number of nitro groups is 1. The van der Waals surface area contributed by atoms with E-state index in [1.165, 1.54) is 18.6 Å². The predicted octanol–water partition coefficient (Wildman–Crippen LogP) is 4.50. The van der Waals surface area contributed by atoms with E-state index in [4.69, 9.17) is 23.2 Å². The fourth-order valence-corrected chi connectivity index (χ4v) is 2.93. The Morgan fingerprint density at radius 3 is 2.39 bits per heavy atom. The van der Waals surface area contributed by atoms with Gasteiger partial charge in [-0.25, -0.2) is 0 Å². The molecule has 2 rings (SSSR count). The maximum Gasteiger partial charge on any atom is 0.272 e. The SMILES string of the molecule is CC1CCC(Nc2c(Cl)cc([N+](=O)[O-])cc2Cl)C1. The Hall–Kier alpha value is -1.00. The van der Waals surface area contributed by atoms with Gasteiger partial charge in [-0.2, -0.15) is 0 Å². The Labute approximate surface area is 115 Å². The van der Waals surface area contributed by atoms with E-state index in [0.717, 1.165) is 12.8 Å². The van der Waals surface area contributed by atoms with Crippen LogP contribution in [0.3, 0.4) is 0 Å². The van der Waals surface area contributed by atoms with Crippen molar-refractivity contribution in [3.63, 3.8) is 0 Å². The van der Waals surface area contributed by atoms with Gasteiger partial charge in [0.1, 0.15) is 0 Å². The summed E-state index contributed by atoms with van der Waals surface area (Å²) in [5.74, 6) is 0.693. The number of halogens is 2. The minimum absolute atomic E-state index is 0.0876. The Kier molecular flexibility index (Phi) is 3.97. The summed E-state index contributed by atoms with van der Waals surface area (Å²) in [6.45, 7) is 2.21. The first-order valence-electron chi connectivity index (χ1n) is 5.87. The van der Waals surface area contributed by atoms with Crippen molar-refractivity contribution in [3.8, 4) is 0 Å². The third kappa shape index (κ3) is 2.87. The van der Waals surface area contributed by atoms with Crippen molar-refractivity contribution in [2.45, 2.75) is 32.2 Å². The number of nitro benzene ring substituents is 1. The van der Waals surface area contributed by atoms with Gasteiger partial charge in [0, 0.05) is 18.2 Å². The fraction of sp³-hybridized carbons (Fsp3) is 0.500. The van der Waals surface area contributed by atoms with E-state index >= 15 is 0 Å². The molecule has 0 spiro atoms. The molecule has 0 aliphatic heterocycles. The molecule has 1 aliphatic carbocycles. The Balaban J connectivity index is 2.20. The van der Waals surface area contributed by atoms with Crippen LogP contribution in [0, 0.1) is 16.0 Å². The Morgan fingerprint density at radius 2 is 1.94 bits per heavy atom. The van der Waals surface area contributed by atoms with Gasteiger partial charge < -0.3 is 5.32 Å². The van der Waals surface area contributed by atoms with Crippen LogP contribution >= 0.6 is 23.2 Å². The minimum Gasteiger partial charge on any atom is -0.380 e. The summed E-state index contributed by atoms with van der Waals surface area (Å²) in [7, 11) is 0. The summed E-state index contributed by atoms with van der Waals surface area (Å²) < 4.78 is 0. The predicted molar refractivity (Wildman–Crippen MR) is 73.5 cm³/mol. The van der Waals surface area contributed by atoms with E-state index in [1.54, 1.807) is 0 Å². The molecule has 1 N–H and O–H groups in total. The van der Waals surface area contributed by atoms with Gasteiger partial charge in [-0.15, -0.1) is 0 Å². The summed E-state index contributed by atoms with van der Waals surface area (Å²) in [5, 5.41) is 14.6. The zero-order valence-corrected chi connectivity index (χ0v) is 11.5. The number of non-ortho nitro benzene ring substituents is 1. The van der Waals surface area contributed by atoms with Crippen LogP contribution in [0.5, 0.6) is 0 Å². The second-order valence-electron chi connectivity index (χ2n) is 4.80. The molecule has 98 valence electrons. The van der Waals surface area contributed by atoms with Crippen molar-refractivity contribution in [2.75, 3.05) is 5.32 Å². The number of hydrogen-bond donors (Lipinski definition) is 1. The molecule has 0 aromatic heterocycles. The fourth-order valence-electron chi connectivity index (χ4n) is 2.35. The number of hydrogen-bond acceptors (Lipinski definition) is 3. The van der Waals surface area contributed by atoms with Crippen molar-refractivity contribution in [1.29, 1.82) is 0 Å². The van der Waals surface area contributed by atoms with Crippen LogP contribution in [-0.4, -0.2) is 11.0 Å². The van der Waals surface area contributed by atoms with Crippen molar-refractivity contribution < 1.29 is 4.92 Å². The largest absolute Gasteiger partial charge is 0.380 e. The van der Waals surface area contributed by atoms with Gasteiger partial charge in [0.25, 0.3) is 5.69 Å². The summed E-state index contributed by atoms with van der Waals surface area (Å²) >= 11 is 12.1. The number of nitrogens with zero attached hydrogens (tertiary/aromatic N) is 1. The molecule has 4 nitrogen and oxygen atoms in total. The van der Waals surface area contributed by atoms with Crippen LogP contribution in [-0.2, 0) is 0 Å². The summed E-state index contributed by atoms with van der Waals surface area (Å²) in [5.41, 5.74) is 0.512. The molecule has 6 heteroatoms. The van der Waals surface area contributed by atoms with E-state index in [0.29, 0.717) is 27.7 Å². The van der Waals surface area contributed by atoms with Crippen LogP contribution in [0.4, 0.5) is 11.4 Å². The standard InChI is InChI=1S/C12H14Cl2N2O2/c1-7-2-3-8(4-7)15-12-10(13)5-9(16(17)18)6-11(12)14/h5-8,15H,2-4H2,1H3. The highest BCUT2D eigenvalue weighted by molar-refractivity contribution is 6.39. The lowest BCUT2D eigenvalue weighted by Gasteiger charge is -2.16. The molecule has 1 aromatic rings. The van der Waals surface area contributed by atoms with Gasteiger partial charge in [-0.05, 0) is 25.2 Å². The van der Waals surface area contributed by atoms with E-state index in [1.807, 2.05) is 0 Å². The smallest absolute Gasteiger partial charge is 0.272 e. The number of rotatable bonds is 3. The van der Waals surface area contributed by atoms with Crippen molar-refractivity contribution in [3.05, 3.63) is 32.3 Å². The highest BCUT2D eigenvalue weighted by atomic mass is 35.5. The maximum absolute atomic E-state index is 10.7. The van der Waals surface area contributed by atoms with Crippen molar-refractivity contribution in [1.82, 2.24) is 0 Å². The van der Waals surface area contributed by atoms with Gasteiger partial charge in [0.2, 0.25) is 0 Å². The lowest BCUT2D eigenvalue weighted by Crippen LogP contribution is -2.15. The second-order valence-corrected chi connectivity index (χ2v) is 5.62. The average molecular weight is 289 g/mol. The van der Waals surface area contributed by atoms with Gasteiger partial charge in [-0.3, -0.25) is 10.1 Å². The molecular formula is C12H14Cl2N2O2. The molecule has 1 fully saturated rings. The molecule has 1 saturated carbocycles. The highest BCUT2D eigenvalue weighted by Crippen LogP contribution is 2.37. The molecule has 0 saturated heterocycles. The first-order valence-corrected chi connectivity index (χ1v) is 6.63. The van der Waals surface area contributed by atoms with Crippen molar-refractivity contribution in [2.24, 2.45) is 5.92 Å². The van der Waals surface area contributed by atoms with E-state index in [-0.39, 0.29) is 5.69 Å². The molecule has 18 heavy (non-hydrogen) atoms. The molecule has 0 amide bonds. The maximum atomic E-state index is 10.7. The first-order chi connectivity index (χ1) is 8.47. The van der Waals surface area contributed by atoms with Gasteiger partial charge in [-0.1, -0.05) is 30.1 Å². The highest BCUT2D eigenvalue weighted by Gasteiger charge is 2.23. The van der Waals surface area contributed by atoms with Crippen LogP contribution in [0.2, 0.25) is 10.0 Å². The Morgan fingerprint density at radius 1 is 1.33 bits per heavy atom. The van der Waals surface area contributed by atoms with Gasteiger partial charge >= 0.3 is 0 Å². The molecule has 1 aromatic carbocycles. The molecule has 0 radical (unpaired) electrons. The van der Waals surface area contributed by atoms with Crippen LogP contribution in [0.15, 0.2) is 12.1 Å². The monoisotopic (exact) mass is 288 g/mol. The third-order valence-electron chi connectivity index (χ3n) is 3.28. The van der Waals surface area contributed by atoms with E-state index in [9.17, 15) is 10.1 Å². The second kappa shape index (κ2) is 5.33. The third-order valence-corrected chi connectivity index (χ3v) is 3.88. The molecule has 2 unspecified atom stereocenters. The topological polar surface area (TPSA) is 55.2 Å². The lowest BCUT2D eigenvalue weighted by molar-refractivity contribution is -0.384. The normalized spacial score (nSPS) is 23.1. The summed E-state index contributed by atoms with van der Waals surface area (Å²) in [6.07, 6.45) is 3.33. The van der Waals surface area contributed by atoms with E-state index < -0.39 is 4.92 Å². The number of nitrogens with one attached hydrogen (secondary N) is 1. The number of benzene rings is 1. The summed E-state index contributed by atoms with van der Waals surface area (Å²) in [4.78, 5) is 10.2. The average Bonchev–Trinajstić information content (AvgIpc) is 2.69. The van der Waals surface area contributed by atoms with Gasteiger partial charge in [0.15, 0.2) is 0 Å².